The van der Waals surface area contributed by atoms with E-state index in [4.69, 9.17) is 9.47 Å². The van der Waals surface area contributed by atoms with Crippen molar-refractivity contribution in [2.75, 3.05) is 20.3 Å². The highest BCUT2D eigenvalue weighted by Gasteiger charge is 2.28. The van der Waals surface area contributed by atoms with Crippen LogP contribution in [0, 0.1) is 6.92 Å². The number of methoxy groups -OCH3 is 1. The molecule has 0 fully saturated rings. The van der Waals surface area contributed by atoms with Gasteiger partial charge < -0.3 is 19.7 Å². The minimum absolute atomic E-state index is 0.133. The summed E-state index contributed by atoms with van der Waals surface area (Å²) < 4.78 is 11.0. The average molecular weight is 427 g/mol. The predicted molar refractivity (Wildman–Crippen MR) is 122 cm³/mol. The molecule has 2 rings (SSSR count). The van der Waals surface area contributed by atoms with Crippen molar-refractivity contribution in [3.63, 3.8) is 0 Å². The molecule has 2 aromatic carbocycles. The monoisotopic (exact) mass is 426 g/mol. The van der Waals surface area contributed by atoms with Crippen molar-refractivity contribution in [3.05, 3.63) is 59.7 Å². The summed E-state index contributed by atoms with van der Waals surface area (Å²) in [6, 6.07) is 14.5. The summed E-state index contributed by atoms with van der Waals surface area (Å²) >= 11 is 0. The van der Waals surface area contributed by atoms with Crippen LogP contribution >= 0.6 is 0 Å². The van der Waals surface area contributed by atoms with E-state index in [1.807, 2.05) is 62.4 Å². The second kappa shape index (κ2) is 12.6. The molecule has 168 valence electrons. The Morgan fingerprint density at radius 1 is 1.06 bits per heavy atom. The van der Waals surface area contributed by atoms with Gasteiger partial charge in [-0.2, -0.15) is 0 Å². The third kappa shape index (κ3) is 7.63. The first-order valence-corrected chi connectivity index (χ1v) is 10.9. The first kappa shape index (κ1) is 24.3. The zero-order chi connectivity index (χ0) is 22.6. The second-order valence-corrected chi connectivity index (χ2v) is 7.54. The number of carbonyl (C=O) groups is 2. The van der Waals surface area contributed by atoms with E-state index in [2.05, 4.69) is 12.2 Å². The van der Waals surface area contributed by atoms with Crippen LogP contribution in [0.4, 0.5) is 0 Å². The molecule has 0 aliphatic rings. The summed E-state index contributed by atoms with van der Waals surface area (Å²) in [5.41, 5.74) is 2.01. The average Bonchev–Trinajstić information content (AvgIpc) is 2.78. The number of hydrogen-bond donors (Lipinski definition) is 1. The number of ether oxygens (including phenoxy) is 2. The van der Waals surface area contributed by atoms with Crippen LogP contribution in [0.25, 0.3) is 0 Å². The molecule has 0 aliphatic heterocycles. The first-order chi connectivity index (χ1) is 15.0. The van der Waals surface area contributed by atoms with E-state index in [-0.39, 0.29) is 18.4 Å². The summed E-state index contributed by atoms with van der Waals surface area (Å²) in [6.07, 6.45) is 2.41. The standard InChI is InChI=1S/C25H34N2O4/c1-5-7-15-26-25(29)23(6-2)27(17-20-9-8-10-22(16-20)30-4)24(28)18-31-21-13-11-19(3)12-14-21/h8-14,16,23H,5-7,15,17-18H2,1-4H3,(H,26,29)/t23-/m1/s1. The summed E-state index contributed by atoms with van der Waals surface area (Å²) in [5, 5.41) is 2.96. The Morgan fingerprint density at radius 2 is 1.81 bits per heavy atom. The number of amides is 2. The van der Waals surface area contributed by atoms with E-state index >= 15 is 0 Å². The quantitative estimate of drug-likeness (QED) is 0.519. The van der Waals surface area contributed by atoms with Gasteiger partial charge in [-0.25, -0.2) is 0 Å². The fourth-order valence-corrected chi connectivity index (χ4v) is 3.26. The van der Waals surface area contributed by atoms with Gasteiger partial charge in [-0.3, -0.25) is 9.59 Å². The molecule has 6 heteroatoms. The van der Waals surface area contributed by atoms with Crippen LogP contribution < -0.4 is 14.8 Å². The molecule has 6 nitrogen and oxygen atoms in total. The van der Waals surface area contributed by atoms with Crippen LogP contribution in [-0.2, 0) is 16.1 Å². The normalized spacial score (nSPS) is 11.5. The van der Waals surface area contributed by atoms with Crippen molar-refractivity contribution in [1.82, 2.24) is 10.2 Å². The minimum Gasteiger partial charge on any atom is -0.497 e. The molecule has 31 heavy (non-hydrogen) atoms. The van der Waals surface area contributed by atoms with Gasteiger partial charge in [0.05, 0.1) is 7.11 Å². The predicted octanol–water partition coefficient (Wildman–Crippen LogP) is 4.11. The van der Waals surface area contributed by atoms with Crippen molar-refractivity contribution in [1.29, 1.82) is 0 Å². The number of nitrogens with zero attached hydrogens (tertiary/aromatic N) is 1. The maximum absolute atomic E-state index is 13.2. The molecular weight excluding hydrogens is 392 g/mol. The number of hydrogen-bond acceptors (Lipinski definition) is 4. The molecule has 0 saturated heterocycles. The van der Waals surface area contributed by atoms with E-state index in [0.717, 1.165) is 24.0 Å². The highest BCUT2D eigenvalue weighted by Crippen LogP contribution is 2.18. The zero-order valence-electron chi connectivity index (χ0n) is 19.0. The van der Waals surface area contributed by atoms with Gasteiger partial charge >= 0.3 is 0 Å². The number of rotatable bonds is 12. The molecule has 0 saturated carbocycles. The van der Waals surface area contributed by atoms with Crippen LogP contribution in [-0.4, -0.2) is 43.0 Å². The fraction of sp³-hybridized carbons (Fsp3) is 0.440. The van der Waals surface area contributed by atoms with Crippen LogP contribution in [0.3, 0.4) is 0 Å². The molecule has 0 radical (unpaired) electrons. The Bertz CT molecular complexity index is 836. The van der Waals surface area contributed by atoms with Crippen molar-refractivity contribution in [3.8, 4) is 11.5 Å². The second-order valence-electron chi connectivity index (χ2n) is 7.54. The molecule has 2 amide bonds. The highest BCUT2D eigenvalue weighted by molar-refractivity contribution is 5.88. The number of unbranched alkanes of at least 4 members (excludes halogenated alkanes) is 1. The lowest BCUT2D eigenvalue weighted by Gasteiger charge is -2.30. The summed E-state index contributed by atoms with van der Waals surface area (Å²) in [7, 11) is 1.60. The van der Waals surface area contributed by atoms with Crippen LogP contribution in [0.5, 0.6) is 11.5 Å². The van der Waals surface area contributed by atoms with E-state index < -0.39 is 6.04 Å². The van der Waals surface area contributed by atoms with Gasteiger partial charge in [0.15, 0.2) is 6.61 Å². The van der Waals surface area contributed by atoms with Gasteiger partial charge in [0, 0.05) is 13.1 Å². The molecule has 0 bridgehead atoms. The van der Waals surface area contributed by atoms with E-state index in [0.29, 0.717) is 31.0 Å². The molecule has 1 N–H and O–H groups in total. The Morgan fingerprint density at radius 3 is 2.45 bits per heavy atom. The Hall–Kier alpha value is -3.02. The highest BCUT2D eigenvalue weighted by atomic mass is 16.5. The smallest absolute Gasteiger partial charge is 0.261 e. The van der Waals surface area contributed by atoms with Gasteiger partial charge in [0.1, 0.15) is 17.5 Å². The summed E-state index contributed by atoms with van der Waals surface area (Å²) in [6.45, 7) is 6.75. The van der Waals surface area contributed by atoms with Gasteiger partial charge in [-0.05, 0) is 49.6 Å². The van der Waals surface area contributed by atoms with E-state index in [9.17, 15) is 9.59 Å². The van der Waals surface area contributed by atoms with E-state index in [1.54, 1.807) is 12.0 Å². The Kier molecular flexibility index (Phi) is 9.88. The van der Waals surface area contributed by atoms with Gasteiger partial charge in [-0.15, -0.1) is 0 Å². The molecule has 0 aliphatic carbocycles. The lowest BCUT2D eigenvalue weighted by molar-refractivity contribution is -0.143. The molecule has 0 spiro atoms. The number of carbonyl (C=O) groups excluding carboxylic acids is 2. The lowest BCUT2D eigenvalue weighted by atomic mass is 10.1. The molecule has 1 atom stereocenters. The van der Waals surface area contributed by atoms with Gasteiger partial charge in [0.25, 0.3) is 5.91 Å². The maximum Gasteiger partial charge on any atom is 0.261 e. The molecule has 2 aromatic rings. The number of benzene rings is 2. The van der Waals surface area contributed by atoms with Gasteiger partial charge in [-0.1, -0.05) is 50.1 Å². The van der Waals surface area contributed by atoms with Gasteiger partial charge in [0.2, 0.25) is 5.91 Å². The summed E-state index contributed by atoms with van der Waals surface area (Å²) in [5.74, 6) is 0.963. The van der Waals surface area contributed by atoms with E-state index in [1.165, 1.54) is 0 Å². The molecule has 0 aromatic heterocycles. The molecule has 0 heterocycles. The van der Waals surface area contributed by atoms with Crippen LogP contribution in [0.1, 0.15) is 44.2 Å². The fourth-order valence-electron chi connectivity index (χ4n) is 3.26. The first-order valence-electron chi connectivity index (χ1n) is 10.9. The lowest BCUT2D eigenvalue weighted by Crippen LogP contribution is -2.50. The van der Waals surface area contributed by atoms with Crippen molar-refractivity contribution in [2.45, 2.75) is 52.6 Å². The Balaban J connectivity index is 2.18. The maximum atomic E-state index is 13.2. The minimum atomic E-state index is -0.572. The number of nitrogens with one attached hydrogen (secondary N) is 1. The van der Waals surface area contributed by atoms with Crippen molar-refractivity contribution >= 4 is 11.8 Å². The zero-order valence-corrected chi connectivity index (χ0v) is 19.0. The molecular formula is C25H34N2O4. The molecule has 0 unspecified atom stereocenters. The SMILES string of the molecule is CCCCNC(=O)[C@@H](CC)N(Cc1cccc(OC)c1)C(=O)COc1ccc(C)cc1. The summed E-state index contributed by atoms with van der Waals surface area (Å²) in [4.78, 5) is 27.6. The van der Waals surface area contributed by atoms with Crippen molar-refractivity contribution in [2.24, 2.45) is 0 Å². The third-order valence-corrected chi connectivity index (χ3v) is 5.09. The Labute approximate surface area is 185 Å². The van der Waals surface area contributed by atoms with Crippen LogP contribution in [0.15, 0.2) is 48.5 Å². The third-order valence-electron chi connectivity index (χ3n) is 5.09. The largest absolute Gasteiger partial charge is 0.497 e. The number of aryl methyl sites for hydroxylation is 1. The van der Waals surface area contributed by atoms with Crippen LogP contribution in [0.2, 0.25) is 0 Å². The van der Waals surface area contributed by atoms with Crippen molar-refractivity contribution < 1.29 is 19.1 Å². The topological polar surface area (TPSA) is 67.9 Å².